The number of nitrogens with two attached hydrogens (primary N) is 1. The number of benzene rings is 1. The summed E-state index contributed by atoms with van der Waals surface area (Å²) in [4.78, 5) is 22.9. The second kappa shape index (κ2) is 9.27. The van der Waals surface area contributed by atoms with Gasteiger partial charge < -0.3 is 20.9 Å². The average molecular weight is 334 g/mol. The Hall–Kier alpha value is -2.08. The molecule has 4 N–H and O–H groups in total. The van der Waals surface area contributed by atoms with Crippen LogP contribution in [0.25, 0.3) is 0 Å². The van der Waals surface area contributed by atoms with Gasteiger partial charge in [-0.2, -0.15) is 0 Å². The summed E-state index contributed by atoms with van der Waals surface area (Å²) in [5.41, 5.74) is 6.00. The third-order valence-corrected chi connectivity index (χ3v) is 4.45. The van der Waals surface area contributed by atoms with Crippen molar-refractivity contribution in [2.75, 3.05) is 13.2 Å². The molecule has 0 bridgehead atoms. The van der Waals surface area contributed by atoms with Gasteiger partial charge in [0.15, 0.2) is 0 Å². The van der Waals surface area contributed by atoms with Crippen LogP contribution in [0.1, 0.15) is 48.9 Å². The lowest BCUT2D eigenvalue weighted by Gasteiger charge is -2.28. The second-order valence-corrected chi connectivity index (χ2v) is 6.29. The molecule has 1 fully saturated rings. The third kappa shape index (κ3) is 5.85. The molecule has 1 aromatic carbocycles. The van der Waals surface area contributed by atoms with E-state index in [9.17, 15) is 9.59 Å². The minimum atomic E-state index is -0.732. The van der Waals surface area contributed by atoms with E-state index in [1.807, 2.05) is 0 Å². The van der Waals surface area contributed by atoms with Gasteiger partial charge in [-0.25, -0.2) is 0 Å². The summed E-state index contributed by atoms with van der Waals surface area (Å²) >= 11 is 0. The van der Waals surface area contributed by atoms with Crippen LogP contribution in [0.2, 0.25) is 0 Å². The first kappa shape index (κ1) is 18.3. The number of carbonyl (C=O) groups is 2. The van der Waals surface area contributed by atoms with Crippen LogP contribution in [0.3, 0.4) is 0 Å². The van der Waals surface area contributed by atoms with Crippen molar-refractivity contribution in [3.05, 3.63) is 29.8 Å². The number of amides is 1. The molecule has 0 aromatic heterocycles. The Labute approximate surface area is 142 Å². The molecule has 6 heteroatoms. The van der Waals surface area contributed by atoms with Crippen LogP contribution >= 0.6 is 0 Å². The number of hydrogen-bond donors (Lipinski definition) is 3. The number of carbonyl (C=O) groups excluding carboxylic acids is 1. The first-order chi connectivity index (χ1) is 11.6. The van der Waals surface area contributed by atoms with Gasteiger partial charge in [-0.3, -0.25) is 9.59 Å². The van der Waals surface area contributed by atoms with Crippen molar-refractivity contribution < 1.29 is 19.4 Å². The molecule has 1 aliphatic carbocycles. The zero-order valence-corrected chi connectivity index (χ0v) is 13.9. The Kier molecular flexibility index (Phi) is 7.06. The number of carboxylic acids is 1. The summed E-state index contributed by atoms with van der Waals surface area (Å²) in [7, 11) is 0. The van der Waals surface area contributed by atoms with Crippen LogP contribution in [0.15, 0.2) is 24.3 Å². The molecule has 0 unspecified atom stereocenters. The molecular formula is C18H26N2O4. The van der Waals surface area contributed by atoms with E-state index >= 15 is 0 Å². The summed E-state index contributed by atoms with van der Waals surface area (Å²) < 4.78 is 5.39. The molecule has 132 valence electrons. The van der Waals surface area contributed by atoms with Crippen molar-refractivity contribution in [1.82, 2.24) is 5.32 Å². The first-order valence-electron chi connectivity index (χ1n) is 8.54. The number of nitrogens with one attached hydrogen (secondary N) is 1. The van der Waals surface area contributed by atoms with E-state index < -0.39 is 5.97 Å². The first-order valence-corrected chi connectivity index (χ1v) is 8.54. The molecule has 1 aromatic rings. The van der Waals surface area contributed by atoms with Crippen LogP contribution in [0.4, 0.5) is 0 Å². The largest absolute Gasteiger partial charge is 0.492 e. The van der Waals surface area contributed by atoms with Crippen molar-refractivity contribution in [3.8, 4) is 5.75 Å². The van der Waals surface area contributed by atoms with E-state index in [1.54, 1.807) is 24.3 Å². The zero-order chi connectivity index (χ0) is 17.4. The van der Waals surface area contributed by atoms with Crippen molar-refractivity contribution in [3.63, 3.8) is 0 Å². The van der Waals surface area contributed by atoms with Gasteiger partial charge in [0.25, 0.3) is 5.91 Å². The van der Waals surface area contributed by atoms with Gasteiger partial charge in [0.2, 0.25) is 0 Å². The lowest BCUT2D eigenvalue weighted by Crippen LogP contribution is -2.37. The molecule has 0 atom stereocenters. The number of hydrogen-bond acceptors (Lipinski definition) is 4. The van der Waals surface area contributed by atoms with E-state index in [0.717, 1.165) is 32.1 Å². The van der Waals surface area contributed by atoms with E-state index in [2.05, 4.69) is 5.32 Å². The summed E-state index contributed by atoms with van der Waals surface area (Å²) in [6.45, 7) is 0.911. The molecule has 0 saturated heterocycles. The van der Waals surface area contributed by atoms with E-state index in [4.69, 9.17) is 15.6 Å². The van der Waals surface area contributed by atoms with Crippen molar-refractivity contribution in [2.24, 2.45) is 11.7 Å². The Morgan fingerprint density at radius 1 is 1.17 bits per heavy atom. The lowest BCUT2D eigenvalue weighted by molar-refractivity contribution is -0.137. The fourth-order valence-electron chi connectivity index (χ4n) is 3.07. The third-order valence-electron chi connectivity index (χ3n) is 4.45. The lowest BCUT2D eigenvalue weighted by atomic mass is 9.83. The standard InChI is InChI=1S/C18H26N2O4/c19-11-12-24-16-8-4-14(5-9-16)18(23)20-15-6-1-13(2-7-15)3-10-17(21)22/h4-5,8-9,13,15H,1-3,6-7,10-12,19H2,(H,20,23)(H,21,22). The second-order valence-electron chi connectivity index (χ2n) is 6.29. The molecule has 2 rings (SSSR count). The molecule has 1 aliphatic rings. The molecular weight excluding hydrogens is 308 g/mol. The number of ether oxygens (including phenoxy) is 1. The molecule has 0 aliphatic heterocycles. The summed E-state index contributed by atoms with van der Waals surface area (Å²) in [5.74, 6) is 0.364. The van der Waals surface area contributed by atoms with Gasteiger partial charge >= 0.3 is 5.97 Å². The highest BCUT2D eigenvalue weighted by atomic mass is 16.5. The SMILES string of the molecule is NCCOc1ccc(C(=O)NC2CCC(CCC(=O)O)CC2)cc1. The summed E-state index contributed by atoms with van der Waals surface area (Å²) in [5, 5.41) is 11.8. The van der Waals surface area contributed by atoms with Crippen molar-refractivity contribution in [1.29, 1.82) is 0 Å². The monoisotopic (exact) mass is 334 g/mol. The Balaban J connectivity index is 1.75. The summed E-state index contributed by atoms with van der Waals surface area (Å²) in [6.07, 6.45) is 4.75. The van der Waals surface area contributed by atoms with Gasteiger partial charge in [0.1, 0.15) is 12.4 Å². The van der Waals surface area contributed by atoms with Crippen molar-refractivity contribution in [2.45, 2.75) is 44.6 Å². The smallest absolute Gasteiger partial charge is 0.303 e. The molecule has 6 nitrogen and oxygen atoms in total. The molecule has 1 saturated carbocycles. The minimum Gasteiger partial charge on any atom is -0.492 e. The maximum absolute atomic E-state index is 12.3. The molecule has 0 heterocycles. The van der Waals surface area contributed by atoms with Gasteiger partial charge in [-0.05, 0) is 62.3 Å². The van der Waals surface area contributed by atoms with Gasteiger partial charge in [0.05, 0.1) is 0 Å². The molecule has 0 radical (unpaired) electrons. The predicted molar refractivity (Wildman–Crippen MR) is 91.1 cm³/mol. The highest BCUT2D eigenvalue weighted by Gasteiger charge is 2.23. The highest BCUT2D eigenvalue weighted by molar-refractivity contribution is 5.94. The molecule has 0 spiro atoms. The quantitative estimate of drug-likeness (QED) is 0.676. The van der Waals surface area contributed by atoms with Crippen LogP contribution in [-0.2, 0) is 4.79 Å². The number of rotatable bonds is 8. The van der Waals surface area contributed by atoms with E-state index in [1.165, 1.54) is 0 Å². The van der Waals surface area contributed by atoms with Crippen LogP contribution in [-0.4, -0.2) is 36.2 Å². The maximum atomic E-state index is 12.3. The van der Waals surface area contributed by atoms with Crippen LogP contribution < -0.4 is 15.8 Å². The molecule has 1 amide bonds. The van der Waals surface area contributed by atoms with Gasteiger partial charge in [-0.1, -0.05) is 0 Å². The predicted octanol–water partition coefficient (Wildman–Crippen LogP) is 2.18. The van der Waals surface area contributed by atoms with Gasteiger partial charge in [-0.15, -0.1) is 0 Å². The topological polar surface area (TPSA) is 102 Å². The Bertz CT molecular complexity index is 536. The minimum absolute atomic E-state index is 0.0747. The number of aliphatic carboxylic acids is 1. The van der Waals surface area contributed by atoms with Crippen LogP contribution in [0, 0.1) is 5.92 Å². The normalized spacial score (nSPS) is 20.4. The molecule has 24 heavy (non-hydrogen) atoms. The highest BCUT2D eigenvalue weighted by Crippen LogP contribution is 2.28. The fraction of sp³-hybridized carbons (Fsp3) is 0.556. The van der Waals surface area contributed by atoms with E-state index in [-0.39, 0.29) is 18.4 Å². The van der Waals surface area contributed by atoms with E-state index in [0.29, 0.717) is 30.4 Å². The Morgan fingerprint density at radius 2 is 1.83 bits per heavy atom. The fourth-order valence-corrected chi connectivity index (χ4v) is 3.07. The summed E-state index contributed by atoms with van der Waals surface area (Å²) in [6, 6.07) is 7.21. The van der Waals surface area contributed by atoms with Gasteiger partial charge in [0, 0.05) is 24.6 Å². The van der Waals surface area contributed by atoms with Crippen molar-refractivity contribution >= 4 is 11.9 Å². The zero-order valence-electron chi connectivity index (χ0n) is 13.9. The van der Waals surface area contributed by atoms with Crippen LogP contribution in [0.5, 0.6) is 5.75 Å². The Morgan fingerprint density at radius 3 is 2.42 bits per heavy atom. The average Bonchev–Trinajstić information content (AvgIpc) is 2.59. The maximum Gasteiger partial charge on any atom is 0.303 e. The number of carboxylic acid groups (broad SMARTS) is 1.